The smallest absolute Gasteiger partial charge is 0.352 e. The van der Waals surface area contributed by atoms with Crippen LogP contribution in [0.3, 0.4) is 0 Å². The van der Waals surface area contributed by atoms with E-state index in [9.17, 15) is 14.4 Å². The van der Waals surface area contributed by atoms with E-state index in [1.165, 1.54) is 23.9 Å². The van der Waals surface area contributed by atoms with Crippen LogP contribution in [0.2, 0.25) is 0 Å². The lowest BCUT2D eigenvalue weighted by molar-refractivity contribution is -0.128. The van der Waals surface area contributed by atoms with Gasteiger partial charge in [-0.25, -0.2) is 4.79 Å². The largest absolute Gasteiger partial charge is 0.477 e. The van der Waals surface area contributed by atoms with Crippen LogP contribution in [0.5, 0.6) is 0 Å². The highest BCUT2D eigenvalue weighted by atomic mass is 16.4. The molecule has 18 heavy (non-hydrogen) atoms. The van der Waals surface area contributed by atoms with Crippen molar-refractivity contribution in [3.8, 4) is 0 Å². The maximum absolute atomic E-state index is 11.6. The highest BCUT2D eigenvalue weighted by molar-refractivity contribution is 5.88. The number of nitrogens with zero attached hydrogens (tertiary/aromatic N) is 1. The first kappa shape index (κ1) is 13.8. The highest BCUT2D eigenvalue weighted by Crippen LogP contribution is 2.02. The molecule has 1 heterocycles. The van der Waals surface area contributed by atoms with Crippen LogP contribution < -0.4 is 10.6 Å². The van der Waals surface area contributed by atoms with E-state index in [-0.39, 0.29) is 18.1 Å². The zero-order chi connectivity index (χ0) is 13.7. The van der Waals surface area contributed by atoms with Crippen LogP contribution in [0.15, 0.2) is 18.3 Å². The van der Waals surface area contributed by atoms with Gasteiger partial charge in [-0.2, -0.15) is 0 Å². The van der Waals surface area contributed by atoms with Gasteiger partial charge in [0, 0.05) is 13.2 Å². The fraction of sp³-hybridized carbons (Fsp3) is 0.364. The summed E-state index contributed by atoms with van der Waals surface area (Å²) < 4.78 is 1.30. The summed E-state index contributed by atoms with van der Waals surface area (Å²) in [6.45, 7) is 1.40. The molecule has 1 aromatic rings. The van der Waals surface area contributed by atoms with E-state index in [4.69, 9.17) is 5.11 Å². The average molecular weight is 253 g/mol. The number of hydrogen-bond donors (Lipinski definition) is 3. The molecule has 0 radical (unpaired) electrons. The Bertz CT molecular complexity index is 467. The molecule has 0 aliphatic heterocycles. The van der Waals surface area contributed by atoms with Crippen molar-refractivity contribution in [3.63, 3.8) is 0 Å². The topological polar surface area (TPSA) is 100 Å². The number of likely N-dealkylation sites (N-methyl/N-ethyl adjacent to an activating group) is 1. The molecule has 0 aliphatic rings. The van der Waals surface area contributed by atoms with Crippen molar-refractivity contribution in [2.45, 2.75) is 19.5 Å². The lowest BCUT2D eigenvalue weighted by Gasteiger charge is -2.13. The summed E-state index contributed by atoms with van der Waals surface area (Å²) in [6.07, 6.45) is 1.49. The first-order valence-electron chi connectivity index (χ1n) is 5.35. The first-order chi connectivity index (χ1) is 8.45. The highest BCUT2D eigenvalue weighted by Gasteiger charge is 2.16. The molecular weight excluding hydrogens is 238 g/mol. The van der Waals surface area contributed by atoms with Gasteiger partial charge < -0.3 is 20.3 Å². The van der Waals surface area contributed by atoms with Crippen molar-refractivity contribution in [1.82, 2.24) is 15.2 Å². The van der Waals surface area contributed by atoms with Crippen molar-refractivity contribution in [3.05, 3.63) is 24.0 Å². The minimum Gasteiger partial charge on any atom is -0.477 e. The van der Waals surface area contributed by atoms with E-state index in [0.29, 0.717) is 0 Å². The lowest BCUT2D eigenvalue weighted by Crippen LogP contribution is -2.44. The minimum absolute atomic E-state index is 0.0257. The Hall–Kier alpha value is -2.31. The van der Waals surface area contributed by atoms with Crippen molar-refractivity contribution < 1.29 is 19.5 Å². The molecular formula is C11H15N3O4. The summed E-state index contributed by atoms with van der Waals surface area (Å²) in [5.41, 5.74) is 0.0257. The predicted octanol–water partition coefficient (Wildman–Crippen LogP) is -0.563. The van der Waals surface area contributed by atoms with Crippen LogP contribution in [-0.2, 0) is 16.1 Å². The Morgan fingerprint density at radius 1 is 1.44 bits per heavy atom. The average Bonchev–Trinajstić information content (AvgIpc) is 2.75. The number of carboxylic acids is 1. The van der Waals surface area contributed by atoms with Gasteiger partial charge in [-0.1, -0.05) is 0 Å². The van der Waals surface area contributed by atoms with Crippen LogP contribution in [0.1, 0.15) is 17.4 Å². The summed E-state index contributed by atoms with van der Waals surface area (Å²) in [4.78, 5) is 33.6. The van der Waals surface area contributed by atoms with Crippen LogP contribution in [0.25, 0.3) is 0 Å². The summed E-state index contributed by atoms with van der Waals surface area (Å²) in [5, 5.41) is 13.7. The summed E-state index contributed by atoms with van der Waals surface area (Å²) in [7, 11) is 1.47. The van der Waals surface area contributed by atoms with Gasteiger partial charge in [0.15, 0.2) is 0 Å². The number of nitrogens with one attached hydrogen (secondary N) is 2. The van der Waals surface area contributed by atoms with Gasteiger partial charge in [0.1, 0.15) is 18.3 Å². The molecule has 1 atom stereocenters. The molecule has 0 aliphatic carbocycles. The number of carbonyl (C=O) groups is 3. The fourth-order valence-electron chi connectivity index (χ4n) is 1.47. The fourth-order valence-corrected chi connectivity index (χ4v) is 1.47. The number of aromatic nitrogens is 1. The maximum Gasteiger partial charge on any atom is 0.352 e. The van der Waals surface area contributed by atoms with Gasteiger partial charge in [0.2, 0.25) is 11.8 Å². The molecule has 1 rings (SSSR count). The molecule has 98 valence electrons. The van der Waals surface area contributed by atoms with Crippen molar-refractivity contribution in [2.24, 2.45) is 0 Å². The van der Waals surface area contributed by atoms with E-state index in [1.807, 2.05) is 0 Å². The van der Waals surface area contributed by atoms with Gasteiger partial charge in [-0.15, -0.1) is 0 Å². The van der Waals surface area contributed by atoms with Crippen LogP contribution >= 0.6 is 0 Å². The van der Waals surface area contributed by atoms with Crippen LogP contribution in [0.4, 0.5) is 0 Å². The molecule has 0 aromatic carbocycles. The molecule has 7 nitrogen and oxygen atoms in total. The zero-order valence-corrected chi connectivity index (χ0v) is 10.1. The molecule has 0 saturated carbocycles. The van der Waals surface area contributed by atoms with E-state index < -0.39 is 17.9 Å². The first-order valence-corrected chi connectivity index (χ1v) is 5.35. The summed E-state index contributed by atoms with van der Waals surface area (Å²) >= 11 is 0. The molecule has 1 aromatic heterocycles. The van der Waals surface area contributed by atoms with E-state index >= 15 is 0 Å². The Balaban J connectivity index is 2.62. The number of carboxylic acid groups (broad SMARTS) is 1. The third kappa shape index (κ3) is 3.34. The molecule has 7 heteroatoms. The molecule has 0 bridgehead atoms. The predicted molar refractivity (Wildman–Crippen MR) is 63.1 cm³/mol. The third-order valence-electron chi connectivity index (χ3n) is 2.38. The number of carbonyl (C=O) groups excluding carboxylic acids is 2. The van der Waals surface area contributed by atoms with E-state index in [1.54, 1.807) is 13.0 Å². The minimum atomic E-state index is -1.10. The van der Waals surface area contributed by atoms with Gasteiger partial charge >= 0.3 is 5.97 Å². The van der Waals surface area contributed by atoms with Crippen molar-refractivity contribution >= 4 is 17.8 Å². The van der Waals surface area contributed by atoms with Gasteiger partial charge in [-0.05, 0) is 19.1 Å². The number of aromatic carboxylic acids is 1. The van der Waals surface area contributed by atoms with E-state index in [0.717, 1.165) is 0 Å². The van der Waals surface area contributed by atoms with Crippen molar-refractivity contribution in [2.75, 3.05) is 7.05 Å². The second kappa shape index (κ2) is 5.85. The maximum atomic E-state index is 11.6. The lowest BCUT2D eigenvalue weighted by atomic mass is 10.3. The van der Waals surface area contributed by atoms with Gasteiger partial charge in [0.05, 0.1) is 0 Å². The molecule has 1 unspecified atom stereocenters. The molecule has 3 N–H and O–H groups in total. The number of hydrogen-bond acceptors (Lipinski definition) is 3. The molecule has 0 spiro atoms. The second-order valence-corrected chi connectivity index (χ2v) is 3.73. The summed E-state index contributed by atoms with van der Waals surface area (Å²) in [5.74, 6) is -1.84. The van der Waals surface area contributed by atoms with Crippen molar-refractivity contribution in [1.29, 1.82) is 0 Å². The molecule has 0 fully saturated rings. The molecule has 0 saturated heterocycles. The van der Waals surface area contributed by atoms with E-state index in [2.05, 4.69) is 10.6 Å². The zero-order valence-electron chi connectivity index (χ0n) is 10.1. The number of amides is 2. The standard InChI is InChI=1S/C11H15N3O4/c1-7(10(16)12-2)13-9(15)6-14-5-3-4-8(14)11(17)18/h3-5,7H,6H2,1-2H3,(H,12,16)(H,13,15)(H,17,18). The van der Waals surface area contributed by atoms with Gasteiger partial charge in [0.25, 0.3) is 0 Å². The van der Waals surface area contributed by atoms with Crippen LogP contribution in [-0.4, -0.2) is 40.5 Å². The molecule has 2 amide bonds. The quantitative estimate of drug-likeness (QED) is 0.654. The third-order valence-corrected chi connectivity index (χ3v) is 2.38. The Kier molecular flexibility index (Phi) is 4.47. The normalized spacial score (nSPS) is 11.7. The SMILES string of the molecule is CNC(=O)C(C)NC(=O)Cn1cccc1C(=O)O. The summed E-state index contributed by atoms with van der Waals surface area (Å²) in [6, 6.07) is 2.28. The van der Waals surface area contributed by atoms with Crippen LogP contribution in [0, 0.1) is 0 Å². The Labute approximate surface area is 104 Å². The Morgan fingerprint density at radius 3 is 2.67 bits per heavy atom. The second-order valence-electron chi connectivity index (χ2n) is 3.73. The Morgan fingerprint density at radius 2 is 2.11 bits per heavy atom. The number of rotatable bonds is 5. The van der Waals surface area contributed by atoms with Gasteiger partial charge in [-0.3, -0.25) is 9.59 Å². The monoisotopic (exact) mass is 253 g/mol.